The Hall–Kier alpha value is -2.55. The van der Waals surface area contributed by atoms with Gasteiger partial charge in [-0.2, -0.15) is 10.2 Å². The van der Waals surface area contributed by atoms with Gasteiger partial charge in [0, 0.05) is 13.1 Å². The van der Waals surface area contributed by atoms with E-state index in [2.05, 4.69) is 11.1 Å². The SMILES string of the molecule is CCN(CC(C)C#N)c1nc2ccc(C(=O)O)cc2o1. The van der Waals surface area contributed by atoms with Crippen LogP contribution in [0.15, 0.2) is 22.6 Å². The fraction of sp³-hybridized carbons (Fsp3) is 0.357. The number of carboxylic acid groups (broad SMARTS) is 1. The van der Waals surface area contributed by atoms with Crippen LogP contribution in [0.5, 0.6) is 0 Å². The molecule has 0 saturated carbocycles. The van der Waals surface area contributed by atoms with Crippen molar-refractivity contribution in [3.63, 3.8) is 0 Å². The van der Waals surface area contributed by atoms with Gasteiger partial charge in [-0.3, -0.25) is 0 Å². The number of carbonyl (C=O) groups is 1. The Morgan fingerprint density at radius 3 is 2.95 bits per heavy atom. The second kappa shape index (κ2) is 5.61. The number of rotatable bonds is 5. The average molecular weight is 273 g/mol. The molecule has 0 fully saturated rings. The summed E-state index contributed by atoms with van der Waals surface area (Å²) in [5, 5.41) is 17.8. The Labute approximate surface area is 116 Å². The molecule has 1 unspecified atom stereocenters. The molecule has 1 aromatic heterocycles. The van der Waals surface area contributed by atoms with Crippen molar-refractivity contribution in [2.45, 2.75) is 13.8 Å². The van der Waals surface area contributed by atoms with E-state index in [1.54, 1.807) is 6.07 Å². The second-order valence-electron chi connectivity index (χ2n) is 4.55. The number of nitrogens with zero attached hydrogens (tertiary/aromatic N) is 3. The highest BCUT2D eigenvalue weighted by atomic mass is 16.4. The largest absolute Gasteiger partial charge is 0.478 e. The summed E-state index contributed by atoms with van der Waals surface area (Å²) >= 11 is 0. The Kier molecular flexibility index (Phi) is 3.89. The lowest BCUT2D eigenvalue weighted by Crippen LogP contribution is -2.27. The van der Waals surface area contributed by atoms with Crippen molar-refractivity contribution in [3.8, 4) is 6.07 Å². The highest BCUT2D eigenvalue weighted by Gasteiger charge is 2.16. The molecule has 20 heavy (non-hydrogen) atoms. The molecule has 1 heterocycles. The van der Waals surface area contributed by atoms with E-state index in [0.29, 0.717) is 30.2 Å². The van der Waals surface area contributed by atoms with Crippen molar-refractivity contribution in [2.24, 2.45) is 5.92 Å². The molecule has 0 aliphatic carbocycles. The van der Waals surface area contributed by atoms with Gasteiger partial charge in [0.1, 0.15) is 5.52 Å². The van der Waals surface area contributed by atoms with Crippen LogP contribution in [0.1, 0.15) is 24.2 Å². The molecule has 6 heteroatoms. The molecule has 0 radical (unpaired) electrons. The van der Waals surface area contributed by atoms with Crippen LogP contribution >= 0.6 is 0 Å². The normalized spacial score (nSPS) is 12.1. The molecule has 0 aliphatic heterocycles. The maximum absolute atomic E-state index is 10.9. The third-order valence-corrected chi connectivity index (χ3v) is 2.99. The summed E-state index contributed by atoms with van der Waals surface area (Å²) < 4.78 is 5.60. The first-order valence-electron chi connectivity index (χ1n) is 6.33. The first-order valence-corrected chi connectivity index (χ1v) is 6.33. The van der Waals surface area contributed by atoms with Crippen LogP contribution in [0.2, 0.25) is 0 Å². The number of aromatic carboxylic acids is 1. The molecule has 2 rings (SSSR count). The van der Waals surface area contributed by atoms with Gasteiger partial charge in [-0.15, -0.1) is 0 Å². The first-order chi connectivity index (χ1) is 9.55. The molecule has 0 bridgehead atoms. The molecule has 6 nitrogen and oxygen atoms in total. The smallest absolute Gasteiger partial charge is 0.335 e. The van der Waals surface area contributed by atoms with Gasteiger partial charge in [0.05, 0.1) is 17.6 Å². The van der Waals surface area contributed by atoms with Gasteiger partial charge in [0.15, 0.2) is 5.58 Å². The zero-order chi connectivity index (χ0) is 14.7. The monoisotopic (exact) mass is 273 g/mol. The van der Waals surface area contributed by atoms with Gasteiger partial charge >= 0.3 is 5.97 Å². The summed E-state index contributed by atoms with van der Waals surface area (Å²) in [4.78, 5) is 17.1. The fourth-order valence-corrected chi connectivity index (χ4v) is 1.89. The molecule has 0 spiro atoms. The lowest BCUT2D eigenvalue weighted by atomic mass is 10.2. The van der Waals surface area contributed by atoms with E-state index in [1.807, 2.05) is 18.7 Å². The van der Waals surface area contributed by atoms with Gasteiger partial charge in [-0.05, 0) is 32.0 Å². The lowest BCUT2D eigenvalue weighted by Gasteiger charge is -2.19. The summed E-state index contributed by atoms with van der Waals surface area (Å²) in [6.45, 7) is 4.95. The summed E-state index contributed by atoms with van der Waals surface area (Å²) in [5.74, 6) is -1.14. The number of aromatic nitrogens is 1. The minimum atomic E-state index is -1.00. The van der Waals surface area contributed by atoms with Crippen LogP contribution in [0.25, 0.3) is 11.1 Å². The number of hydrogen-bond acceptors (Lipinski definition) is 5. The number of anilines is 1. The predicted octanol–water partition coefficient (Wildman–Crippen LogP) is 2.51. The van der Waals surface area contributed by atoms with Crippen molar-refractivity contribution in [1.82, 2.24) is 4.98 Å². The number of benzene rings is 1. The van der Waals surface area contributed by atoms with Crippen LogP contribution in [-0.4, -0.2) is 29.1 Å². The number of nitriles is 1. The van der Waals surface area contributed by atoms with E-state index in [-0.39, 0.29) is 11.5 Å². The number of hydrogen-bond donors (Lipinski definition) is 1. The summed E-state index contributed by atoms with van der Waals surface area (Å²) in [7, 11) is 0. The lowest BCUT2D eigenvalue weighted by molar-refractivity contribution is 0.0697. The molecule has 0 aliphatic rings. The molecule has 2 aromatic rings. The van der Waals surface area contributed by atoms with Gasteiger partial charge < -0.3 is 14.4 Å². The van der Waals surface area contributed by atoms with Crippen LogP contribution in [0, 0.1) is 17.2 Å². The number of fused-ring (bicyclic) bond motifs is 1. The Bertz CT molecular complexity index is 672. The van der Waals surface area contributed by atoms with Gasteiger partial charge in [-0.25, -0.2) is 4.79 Å². The molecule has 0 amide bonds. The van der Waals surface area contributed by atoms with Crippen molar-refractivity contribution in [3.05, 3.63) is 23.8 Å². The minimum Gasteiger partial charge on any atom is -0.478 e. The highest BCUT2D eigenvalue weighted by molar-refractivity contribution is 5.92. The van der Waals surface area contributed by atoms with Crippen molar-refractivity contribution < 1.29 is 14.3 Å². The molecule has 104 valence electrons. The molecule has 0 saturated heterocycles. The maximum Gasteiger partial charge on any atom is 0.335 e. The van der Waals surface area contributed by atoms with Crippen molar-refractivity contribution in [2.75, 3.05) is 18.0 Å². The van der Waals surface area contributed by atoms with Crippen LogP contribution < -0.4 is 4.90 Å². The van der Waals surface area contributed by atoms with Crippen LogP contribution in [0.4, 0.5) is 6.01 Å². The van der Waals surface area contributed by atoms with Crippen LogP contribution in [-0.2, 0) is 0 Å². The van der Waals surface area contributed by atoms with Crippen molar-refractivity contribution >= 4 is 23.1 Å². The zero-order valence-corrected chi connectivity index (χ0v) is 11.3. The Balaban J connectivity index is 2.35. The summed E-state index contributed by atoms with van der Waals surface area (Å²) in [5.41, 5.74) is 1.20. The molecular formula is C14H15N3O3. The third-order valence-electron chi connectivity index (χ3n) is 2.99. The number of carboxylic acids is 1. The predicted molar refractivity (Wildman–Crippen MR) is 73.6 cm³/mol. The quantitative estimate of drug-likeness (QED) is 0.900. The molecule has 1 atom stereocenters. The van der Waals surface area contributed by atoms with Gasteiger partial charge in [0.25, 0.3) is 6.01 Å². The maximum atomic E-state index is 10.9. The molecule has 1 N–H and O–H groups in total. The van der Waals surface area contributed by atoms with Gasteiger partial charge in [-0.1, -0.05) is 0 Å². The topological polar surface area (TPSA) is 90.4 Å². The Morgan fingerprint density at radius 1 is 1.60 bits per heavy atom. The second-order valence-corrected chi connectivity index (χ2v) is 4.55. The van der Waals surface area contributed by atoms with E-state index in [0.717, 1.165) is 0 Å². The third kappa shape index (κ3) is 2.72. The molecular weight excluding hydrogens is 258 g/mol. The zero-order valence-electron chi connectivity index (χ0n) is 11.3. The number of oxazole rings is 1. The van der Waals surface area contributed by atoms with Crippen LogP contribution in [0.3, 0.4) is 0 Å². The van der Waals surface area contributed by atoms with E-state index < -0.39 is 5.97 Å². The fourth-order valence-electron chi connectivity index (χ4n) is 1.89. The van der Waals surface area contributed by atoms with E-state index in [1.165, 1.54) is 12.1 Å². The average Bonchev–Trinajstić information content (AvgIpc) is 2.86. The highest BCUT2D eigenvalue weighted by Crippen LogP contribution is 2.23. The molecule has 1 aromatic carbocycles. The van der Waals surface area contributed by atoms with Gasteiger partial charge in [0.2, 0.25) is 0 Å². The minimum absolute atomic E-state index is 0.139. The van der Waals surface area contributed by atoms with E-state index in [9.17, 15) is 4.79 Å². The van der Waals surface area contributed by atoms with E-state index in [4.69, 9.17) is 14.8 Å². The van der Waals surface area contributed by atoms with E-state index >= 15 is 0 Å². The summed E-state index contributed by atoms with van der Waals surface area (Å²) in [6, 6.07) is 7.14. The standard InChI is InChI=1S/C14H15N3O3/c1-3-17(8-9(2)7-15)14-16-11-5-4-10(13(18)19)6-12(11)20-14/h4-6,9H,3,8H2,1-2H3,(H,18,19). The Morgan fingerprint density at radius 2 is 2.35 bits per heavy atom. The summed E-state index contributed by atoms with van der Waals surface area (Å²) in [6.07, 6.45) is 0. The van der Waals surface area contributed by atoms with Crippen molar-refractivity contribution in [1.29, 1.82) is 5.26 Å². The first kappa shape index (κ1) is 13.9.